The maximum atomic E-state index is 11.8. The second-order valence-electron chi connectivity index (χ2n) is 3.62. The Morgan fingerprint density at radius 3 is 2.00 bits per heavy atom. The molecule has 0 aromatic rings. The number of ether oxygens (including phenoxy) is 2. The summed E-state index contributed by atoms with van der Waals surface area (Å²) in [5.74, 6) is -1.92. The standard InChI is InChI=1S/C11H16O5/c1-3-15-9(13)11(10(14)16-4-2)7-5-6-8(11)12/h3-7H2,1-2H3. The largest absolute Gasteiger partial charge is 0.465 e. The smallest absolute Gasteiger partial charge is 0.331 e. The van der Waals surface area contributed by atoms with E-state index in [0.29, 0.717) is 6.42 Å². The Labute approximate surface area is 94.1 Å². The first-order chi connectivity index (χ1) is 7.59. The van der Waals surface area contributed by atoms with Gasteiger partial charge in [0.1, 0.15) is 0 Å². The average Bonchev–Trinajstić information content (AvgIpc) is 2.62. The number of ketones is 1. The van der Waals surface area contributed by atoms with Gasteiger partial charge in [0, 0.05) is 6.42 Å². The molecule has 16 heavy (non-hydrogen) atoms. The van der Waals surface area contributed by atoms with Gasteiger partial charge in [-0.15, -0.1) is 0 Å². The summed E-state index contributed by atoms with van der Waals surface area (Å²) in [5, 5.41) is 0. The van der Waals surface area contributed by atoms with Crippen LogP contribution in [0.2, 0.25) is 0 Å². The molecule has 0 bridgehead atoms. The van der Waals surface area contributed by atoms with Gasteiger partial charge in [0.2, 0.25) is 5.41 Å². The molecule has 0 heterocycles. The van der Waals surface area contributed by atoms with Crippen LogP contribution in [-0.2, 0) is 23.9 Å². The van der Waals surface area contributed by atoms with Crippen molar-refractivity contribution in [2.24, 2.45) is 5.41 Å². The molecule has 0 aromatic carbocycles. The van der Waals surface area contributed by atoms with Crippen LogP contribution in [0.5, 0.6) is 0 Å². The lowest BCUT2D eigenvalue weighted by Crippen LogP contribution is -2.45. The number of Topliss-reactive ketones (excluding diaryl/α,β-unsaturated/α-hetero) is 1. The maximum Gasteiger partial charge on any atom is 0.331 e. The Morgan fingerprint density at radius 1 is 1.19 bits per heavy atom. The molecule has 5 heteroatoms. The molecule has 1 aliphatic rings. The van der Waals surface area contributed by atoms with Crippen LogP contribution >= 0.6 is 0 Å². The first kappa shape index (κ1) is 12.7. The Morgan fingerprint density at radius 2 is 1.69 bits per heavy atom. The monoisotopic (exact) mass is 228 g/mol. The first-order valence-corrected chi connectivity index (χ1v) is 5.47. The van der Waals surface area contributed by atoms with E-state index < -0.39 is 17.4 Å². The third-order valence-electron chi connectivity index (χ3n) is 2.68. The van der Waals surface area contributed by atoms with E-state index in [4.69, 9.17) is 9.47 Å². The topological polar surface area (TPSA) is 69.7 Å². The third-order valence-corrected chi connectivity index (χ3v) is 2.68. The Kier molecular flexibility index (Phi) is 4.04. The normalized spacial score (nSPS) is 18.2. The van der Waals surface area contributed by atoms with Gasteiger partial charge in [-0.2, -0.15) is 0 Å². The molecule has 0 saturated heterocycles. The summed E-state index contributed by atoms with van der Waals surface area (Å²) in [7, 11) is 0. The van der Waals surface area contributed by atoms with E-state index in [9.17, 15) is 14.4 Å². The van der Waals surface area contributed by atoms with E-state index in [-0.39, 0.29) is 31.8 Å². The second kappa shape index (κ2) is 5.09. The highest BCUT2D eigenvalue weighted by Gasteiger charge is 2.57. The Balaban J connectivity index is 2.97. The van der Waals surface area contributed by atoms with Crippen molar-refractivity contribution >= 4 is 17.7 Å². The first-order valence-electron chi connectivity index (χ1n) is 5.47. The molecule has 0 amide bonds. The SMILES string of the molecule is CCOC(=O)C1(C(=O)OCC)CCCC1=O. The van der Waals surface area contributed by atoms with Crippen LogP contribution in [0.15, 0.2) is 0 Å². The zero-order valence-electron chi connectivity index (χ0n) is 9.58. The lowest BCUT2D eigenvalue weighted by Gasteiger charge is -2.22. The minimum atomic E-state index is -1.69. The molecule has 1 aliphatic carbocycles. The quantitative estimate of drug-likeness (QED) is 0.527. The lowest BCUT2D eigenvalue weighted by molar-refractivity contribution is -0.173. The van der Waals surface area contributed by atoms with Crippen molar-refractivity contribution in [1.29, 1.82) is 0 Å². The fourth-order valence-electron chi connectivity index (χ4n) is 1.89. The Bertz CT molecular complexity index is 289. The van der Waals surface area contributed by atoms with Crippen molar-refractivity contribution in [2.75, 3.05) is 13.2 Å². The number of carbonyl (C=O) groups excluding carboxylic acids is 3. The van der Waals surface area contributed by atoms with Gasteiger partial charge in [0.15, 0.2) is 5.78 Å². The molecular weight excluding hydrogens is 212 g/mol. The predicted molar refractivity (Wildman–Crippen MR) is 54.6 cm³/mol. The fraction of sp³-hybridized carbons (Fsp3) is 0.727. The second-order valence-corrected chi connectivity index (χ2v) is 3.62. The summed E-state index contributed by atoms with van der Waals surface area (Å²) in [4.78, 5) is 35.2. The van der Waals surface area contributed by atoms with Crippen LogP contribution < -0.4 is 0 Å². The highest BCUT2D eigenvalue weighted by molar-refractivity contribution is 6.21. The highest BCUT2D eigenvalue weighted by Crippen LogP contribution is 2.37. The van der Waals surface area contributed by atoms with Crippen LogP contribution in [0.3, 0.4) is 0 Å². The highest BCUT2D eigenvalue weighted by atomic mass is 16.6. The maximum absolute atomic E-state index is 11.8. The van der Waals surface area contributed by atoms with Crippen molar-refractivity contribution in [2.45, 2.75) is 33.1 Å². The number of rotatable bonds is 4. The van der Waals surface area contributed by atoms with E-state index in [1.165, 1.54) is 0 Å². The van der Waals surface area contributed by atoms with Gasteiger partial charge < -0.3 is 9.47 Å². The third kappa shape index (κ3) is 1.94. The lowest BCUT2D eigenvalue weighted by atomic mass is 9.85. The van der Waals surface area contributed by atoms with E-state index in [0.717, 1.165) is 0 Å². The molecule has 0 atom stereocenters. The van der Waals surface area contributed by atoms with Gasteiger partial charge in [0.25, 0.3) is 0 Å². The molecule has 1 saturated carbocycles. The molecule has 0 radical (unpaired) electrons. The van der Waals surface area contributed by atoms with Crippen LogP contribution in [0, 0.1) is 5.41 Å². The summed E-state index contributed by atoms with van der Waals surface area (Å²) < 4.78 is 9.61. The van der Waals surface area contributed by atoms with E-state index in [1.54, 1.807) is 13.8 Å². The van der Waals surface area contributed by atoms with Gasteiger partial charge >= 0.3 is 11.9 Å². The molecule has 1 fully saturated rings. The molecule has 0 N–H and O–H groups in total. The summed E-state index contributed by atoms with van der Waals surface area (Å²) in [5.41, 5.74) is -1.69. The number of hydrogen-bond donors (Lipinski definition) is 0. The molecule has 0 aliphatic heterocycles. The number of carbonyl (C=O) groups is 3. The van der Waals surface area contributed by atoms with Gasteiger partial charge in [0.05, 0.1) is 13.2 Å². The molecule has 0 aromatic heterocycles. The van der Waals surface area contributed by atoms with E-state index >= 15 is 0 Å². The van der Waals surface area contributed by atoms with Crippen molar-refractivity contribution in [1.82, 2.24) is 0 Å². The molecule has 90 valence electrons. The van der Waals surface area contributed by atoms with Crippen LogP contribution in [-0.4, -0.2) is 30.9 Å². The molecule has 5 nitrogen and oxygen atoms in total. The van der Waals surface area contributed by atoms with Crippen molar-refractivity contribution in [3.63, 3.8) is 0 Å². The summed E-state index contributed by atoms with van der Waals surface area (Å²) in [6, 6.07) is 0. The minimum absolute atomic E-state index is 0.146. The van der Waals surface area contributed by atoms with Crippen LogP contribution in [0.4, 0.5) is 0 Å². The Hall–Kier alpha value is -1.39. The fourth-order valence-corrected chi connectivity index (χ4v) is 1.89. The zero-order valence-corrected chi connectivity index (χ0v) is 9.58. The zero-order chi connectivity index (χ0) is 12.2. The van der Waals surface area contributed by atoms with Gasteiger partial charge in [-0.3, -0.25) is 14.4 Å². The molecule has 0 spiro atoms. The predicted octanol–water partition coefficient (Wildman–Crippen LogP) is 0.852. The molecule has 1 rings (SSSR count). The molecular formula is C11H16O5. The van der Waals surface area contributed by atoms with Gasteiger partial charge in [-0.05, 0) is 26.7 Å². The molecule has 0 unspecified atom stereocenters. The number of esters is 2. The van der Waals surface area contributed by atoms with Crippen molar-refractivity contribution < 1.29 is 23.9 Å². The van der Waals surface area contributed by atoms with Crippen molar-refractivity contribution in [3.05, 3.63) is 0 Å². The summed E-state index contributed by atoms with van der Waals surface area (Å²) in [6.07, 6.45) is 0.956. The average molecular weight is 228 g/mol. The van der Waals surface area contributed by atoms with E-state index in [1.807, 2.05) is 0 Å². The van der Waals surface area contributed by atoms with Gasteiger partial charge in [-0.25, -0.2) is 0 Å². The van der Waals surface area contributed by atoms with Crippen molar-refractivity contribution in [3.8, 4) is 0 Å². The summed E-state index contributed by atoms with van der Waals surface area (Å²) >= 11 is 0. The van der Waals surface area contributed by atoms with Crippen LogP contribution in [0.1, 0.15) is 33.1 Å². The van der Waals surface area contributed by atoms with E-state index in [2.05, 4.69) is 0 Å². The van der Waals surface area contributed by atoms with Crippen LogP contribution in [0.25, 0.3) is 0 Å². The minimum Gasteiger partial charge on any atom is -0.465 e. The number of hydrogen-bond acceptors (Lipinski definition) is 5. The summed E-state index contributed by atoms with van der Waals surface area (Å²) in [6.45, 7) is 3.56. The van der Waals surface area contributed by atoms with Gasteiger partial charge in [-0.1, -0.05) is 0 Å².